The molecular formula is C9H11NO4. The third-order valence-electron chi connectivity index (χ3n) is 2.25. The molecule has 76 valence electrons. The third-order valence-corrected chi connectivity index (χ3v) is 2.25. The molecule has 5 heteroatoms. The van der Waals surface area contributed by atoms with Crippen LogP contribution in [0.2, 0.25) is 0 Å². The fourth-order valence-electron chi connectivity index (χ4n) is 1.41. The summed E-state index contributed by atoms with van der Waals surface area (Å²) in [6.45, 7) is 2.23. The van der Waals surface area contributed by atoms with Gasteiger partial charge in [-0.3, -0.25) is 24.1 Å². The maximum absolute atomic E-state index is 11.3. The minimum Gasteiger partial charge on any atom is -0.299 e. The van der Waals surface area contributed by atoms with Crippen molar-refractivity contribution in [3.05, 3.63) is 0 Å². The van der Waals surface area contributed by atoms with Gasteiger partial charge in [0.25, 0.3) is 0 Å². The summed E-state index contributed by atoms with van der Waals surface area (Å²) >= 11 is 0. The van der Waals surface area contributed by atoms with Crippen LogP contribution in [-0.4, -0.2) is 34.8 Å². The summed E-state index contributed by atoms with van der Waals surface area (Å²) in [6.07, 6.45) is -0.173. The van der Waals surface area contributed by atoms with Crippen LogP contribution in [0.15, 0.2) is 0 Å². The van der Waals surface area contributed by atoms with Gasteiger partial charge in [0.15, 0.2) is 5.78 Å². The molecule has 0 spiro atoms. The molecule has 1 saturated heterocycles. The van der Waals surface area contributed by atoms with Crippen molar-refractivity contribution in [2.75, 3.05) is 6.54 Å². The molecule has 1 atom stereocenters. The van der Waals surface area contributed by atoms with Crippen molar-refractivity contribution >= 4 is 23.4 Å². The monoisotopic (exact) mass is 197 g/mol. The van der Waals surface area contributed by atoms with Crippen LogP contribution in [0.5, 0.6) is 0 Å². The summed E-state index contributed by atoms with van der Waals surface area (Å²) in [5.41, 5.74) is 0. The summed E-state index contributed by atoms with van der Waals surface area (Å²) < 4.78 is 0. The molecule has 2 amide bonds. The van der Waals surface area contributed by atoms with Crippen molar-refractivity contribution in [3.63, 3.8) is 0 Å². The number of nitrogens with zero attached hydrogens (tertiary/aromatic N) is 1. The molecule has 1 heterocycles. The van der Waals surface area contributed by atoms with Gasteiger partial charge in [0.05, 0.1) is 12.5 Å². The molecule has 1 rings (SSSR count). The molecule has 14 heavy (non-hydrogen) atoms. The Morgan fingerprint density at radius 2 is 1.86 bits per heavy atom. The molecule has 1 unspecified atom stereocenters. The number of rotatable bonds is 1. The number of ketones is 2. The second kappa shape index (κ2) is 3.69. The first-order valence-corrected chi connectivity index (χ1v) is 4.27. The van der Waals surface area contributed by atoms with E-state index in [0.29, 0.717) is 0 Å². The number of hydrogen-bond donors (Lipinski definition) is 0. The van der Waals surface area contributed by atoms with E-state index in [-0.39, 0.29) is 24.5 Å². The number of hydrogen-bond acceptors (Lipinski definition) is 4. The molecular weight excluding hydrogens is 186 g/mol. The number of carbonyl (C=O) groups excluding carboxylic acids is 4. The fourth-order valence-corrected chi connectivity index (χ4v) is 1.41. The summed E-state index contributed by atoms with van der Waals surface area (Å²) in [5, 5.41) is 0. The van der Waals surface area contributed by atoms with Crippen LogP contribution in [0.1, 0.15) is 20.3 Å². The van der Waals surface area contributed by atoms with Crippen LogP contribution >= 0.6 is 0 Å². The number of carbonyl (C=O) groups is 4. The van der Waals surface area contributed by atoms with E-state index in [9.17, 15) is 19.2 Å². The standard InChI is InChI=1S/C9H11NO4/c1-5(11)7-3-9(14)10(6(2)12)4-8(7)13/h7H,3-4H2,1-2H3. The maximum atomic E-state index is 11.3. The smallest absolute Gasteiger partial charge is 0.230 e. The molecule has 0 saturated carbocycles. The van der Waals surface area contributed by atoms with Gasteiger partial charge in [-0.2, -0.15) is 0 Å². The predicted molar refractivity (Wildman–Crippen MR) is 46.2 cm³/mol. The first kappa shape index (κ1) is 10.6. The molecule has 0 N–H and O–H groups in total. The lowest BCUT2D eigenvalue weighted by molar-refractivity contribution is -0.154. The molecule has 0 aromatic heterocycles. The summed E-state index contributed by atoms with van der Waals surface area (Å²) in [4.78, 5) is 45.4. The molecule has 0 radical (unpaired) electrons. The predicted octanol–water partition coefficient (Wildman–Crippen LogP) is -0.461. The van der Waals surface area contributed by atoms with E-state index in [4.69, 9.17) is 0 Å². The average molecular weight is 197 g/mol. The zero-order chi connectivity index (χ0) is 10.9. The summed E-state index contributed by atoms with van der Waals surface area (Å²) in [7, 11) is 0. The molecule has 1 aliphatic rings. The minimum atomic E-state index is -0.849. The fraction of sp³-hybridized carbons (Fsp3) is 0.556. The van der Waals surface area contributed by atoms with Gasteiger partial charge in [-0.25, -0.2) is 0 Å². The SMILES string of the molecule is CC(=O)C1CC(=O)N(C(C)=O)CC1=O. The third kappa shape index (κ3) is 1.86. The number of likely N-dealkylation sites (tertiary alicyclic amines) is 1. The van der Waals surface area contributed by atoms with E-state index in [2.05, 4.69) is 0 Å². The van der Waals surface area contributed by atoms with Gasteiger partial charge < -0.3 is 0 Å². The highest BCUT2D eigenvalue weighted by atomic mass is 16.2. The van der Waals surface area contributed by atoms with E-state index in [1.54, 1.807) is 0 Å². The summed E-state index contributed by atoms with van der Waals surface area (Å²) in [6, 6.07) is 0. The van der Waals surface area contributed by atoms with Gasteiger partial charge in [-0.05, 0) is 6.92 Å². The van der Waals surface area contributed by atoms with E-state index < -0.39 is 17.7 Å². The zero-order valence-corrected chi connectivity index (χ0v) is 8.07. The Morgan fingerprint density at radius 1 is 1.29 bits per heavy atom. The maximum Gasteiger partial charge on any atom is 0.230 e. The Bertz CT molecular complexity index is 289. The van der Waals surface area contributed by atoms with E-state index >= 15 is 0 Å². The molecule has 0 aromatic carbocycles. The van der Waals surface area contributed by atoms with Gasteiger partial charge in [0.2, 0.25) is 11.8 Å². The highest BCUT2D eigenvalue weighted by Crippen LogP contribution is 2.16. The van der Waals surface area contributed by atoms with Crippen molar-refractivity contribution < 1.29 is 19.2 Å². The van der Waals surface area contributed by atoms with Crippen LogP contribution in [0.25, 0.3) is 0 Å². The van der Waals surface area contributed by atoms with Gasteiger partial charge in [-0.15, -0.1) is 0 Å². The number of amides is 2. The van der Waals surface area contributed by atoms with Crippen LogP contribution in [0, 0.1) is 5.92 Å². The van der Waals surface area contributed by atoms with Crippen molar-refractivity contribution in [3.8, 4) is 0 Å². The molecule has 0 bridgehead atoms. The Morgan fingerprint density at radius 3 is 2.29 bits per heavy atom. The van der Waals surface area contributed by atoms with E-state index in [0.717, 1.165) is 4.90 Å². The van der Waals surface area contributed by atoms with Crippen molar-refractivity contribution in [1.82, 2.24) is 4.90 Å². The Labute approximate surface area is 81.1 Å². The normalized spacial score (nSPS) is 22.4. The Balaban J connectivity index is 2.82. The molecule has 0 aromatic rings. The Kier molecular flexibility index (Phi) is 2.78. The van der Waals surface area contributed by atoms with Gasteiger partial charge in [0.1, 0.15) is 5.78 Å². The van der Waals surface area contributed by atoms with Gasteiger partial charge in [0, 0.05) is 13.3 Å². The largest absolute Gasteiger partial charge is 0.299 e. The summed E-state index contributed by atoms with van der Waals surface area (Å²) in [5.74, 6) is -2.42. The topological polar surface area (TPSA) is 71.5 Å². The number of imide groups is 1. The minimum absolute atomic E-state index is 0.173. The lowest BCUT2D eigenvalue weighted by Crippen LogP contribution is -2.48. The Hall–Kier alpha value is -1.52. The first-order chi connectivity index (χ1) is 6.43. The second-order valence-corrected chi connectivity index (χ2v) is 3.33. The van der Waals surface area contributed by atoms with Gasteiger partial charge >= 0.3 is 0 Å². The van der Waals surface area contributed by atoms with Crippen LogP contribution < -0.4 is 0 Å². The molecule has 1 fully saturated rings. The highest BCUT2D eigenvalue weighted by molar-refractivity contribution is 6.11. The van der Waals surface area contributed by atoms with Gasteiger partial charge in [-0.1, -0.05) is 0 Å². The average Bonchev–Trinajstić information content (AvgIpc) is 2.07. The number of piperidine rings is 1. The lowest BCUT2D eigenvalue weighted by Gasteiger charge is -2.26. The van der Waals surface area contributed by atoms with Crippen molar-refractivity contribution in [2.45, 2.75) is 20.3 Å². The lowest BCUT2D eigenvalue weighted by atomic mass is 9.91. The van der Waals surface area contributed by atoms with Crippen LogP contribution in [0.4, 0.5) is 0 Å². The van der Waals surface area contributed by atoms with Crippen LogP contribution in [0.3, 0.4) is 0 Å². The molecule has 1 aliphatic heterocycles. The molecule has 5 nitrogen and oxygen atoms in total. The zero-order valence-electron chi connectivity index (χ0n) is 8.07. The quantitative estimate of drug-likeness (QED) is 0.533. The number of Topliss-reactive ketones (excluding diaryl/α,β-unsaturated/α-hetero) is 2. The van der Waals surface area contributed by atoms with E-state index in [1.807, 2.05) is 0 Å². The first-order valence-electron chi connectivity index (χ1n) is 4.27. The van der Waals surface area contributed by atoms with Crippen molar-refractivity contribution in [2.24, 2.45) is 5.92 Å². The van der Waals surface area contributed by atoms with Crippen molar-refractivity contribution in [1.29, 1.82) is 0 Å². The highest BCUT2D eigenvalue weighted by Gasteiger charge is 2.36. The van der Waals surface area contributed by atoms with E-state index in [1.165, 1.54) is 13.8 Å². The van der Waals surface area contributed by atoms with Crippen LogP contribution in [-0.2, 0) is 19.2 Å². The molecule has 0 aliphatic carbocycles. The second-order valence-electron chi connectivity index (χ2n) is 3.33.